The molecular weight excluding hydrogens is 320 g/mol. The van der Waals surface area contributed by atoms with Gasteiger partial charge in [0.15, 0.2) is 11.6 Å². The first-order chi connectivity index (χ1) is 12.3. The van der Waals surface area contributed by atoms with E-state index in [9.17, 15) is 4.79 Å². The van der Waals surface area contributed by atoms with Crippen molar-refractivity contribution in [3.8, 4) is 5.75 Å². The van der Waals surface area contributed by atoms with Crippen LogP contribution in [0.4, 0.5) is 22.1 Å². The lowest BCUT2D eigenvalue weighted by molar-refractivity contribution is 0.122. The summed E-state index contributed by atoms with van der Waals surface area (Å²) in [5.41, 5.74) is 0.755. The van der Waals surface area contributed by atoms with Gasteiger partial charge in [0.2, 0.25) is 0 Å². The summed E-state index contributed by atoms with van der Waals surface area (Å²) in [6.07, 6.45) is 0. The Balaban J connectivity index is 1.58. The Bertz CT molecular complexity index is 747. The lowest BCUT2D eigenvalue weighted by Gasteiger charge is -2.32. The molecule has 25 heavy (non-hydrogen) atoms. The molecule has 1 saturated heterocycles. The van der Waals surface area contributed by atoms with Gasteiger partial charge in [-0.15, -0.1) is 0 Å². The van der Waals surface area contributed by atoms with E-state index in [-0.39, 0.29) is 6.03 Å². The van der Waals surface area contributed by atoms with Crippen molar-refractivity contribution in [3.63, 3.8) is 0 Å². The van der Waals surface area contributed by atoms with Gasteiger partial charge in [-0.3, -0.25) is 4.90 Å². The van der Waals surface area contributed by atoms with E-state index in [4.69, 9.17) is 14.5 Å². The smallest absolute Gasteiger partial charge is 0.327 e. The van der Waals surface area contributed by atoms with Crippen molar-refractivity contribution in [2.45, 2.75) is 0 Å². The molecule has 2 amide bonds. The zero-order chi connectivity index (χ0) is 17.1. The Kier molecular flexibility index (Phi) is 4.39. The number of amides is 2. The van der Waals surface area contributed by atoms with Gasteiger partial charge in [-0.1, -0.05) is 18.2 Å². The van der Waals surface area contributed by atoms with E-state index < -0.39 is 0 Å². The van der Waals surface area contributed by atoms with Crippen molar-refractivity contribution in [1.82, 2.24) is 4.98 Å². The monoisotopic (exact) mass is 340 g/mol. The molecule has 0 radical (unpaired) electrons. The third-order valence-electron chi connectivity index (χ3n) is 4.26. The van der Waals surface area contributed by atoms with Crippen LogP contribution in [0.3, 0.4) is 0 Å². The lowest BCUT2D eigenvalue weighted by Crippen LogP contribution is -2.42. The second-order valence-electron chi connectivity index (χ2n) is 5.89. The number of carbonyl (C=O) groups is 1. The fraction of sp³-hybridized carbons (Fsp3) is 0.333. The number of nitrogens with zero attached hydrogens (tertiary/aromatic N) is 3. The van der Waals surface area contributed by atoms with E-state index in [0.717, 1.165) is 24.6 Å². The van der Waals surface area contributed by atoms with Gasteiger partial charge in [0, 0.05) is 18.8 Å². The molecule has 0 unspecified atom stereocenters. The molecule has 1 aromatic heterocycles. The fourth-order valence-electron chi connectivity index (χ4n) is 2.96. The van der Waals surface area contributed by atoms with Crippen LogP contribution in [-0.2, 0) is 4.74 Å². The number of fused-ring (bicyclic) bond motifs is 1. The third kappa shape index (κ3) is 3.36. The SMILES string of the molecule is O=C(Nc1ccccc1)N1CCOc2ccc(N3CCOCC3)nc21. The number of hydrogen-bond acceptors (Lipinski definition) is 5. The highest BCUT2D eigenvalue weighted by Gasteiger charge is 2.27. The summed E-state index contributed by atoms with van der Waals surface area (Å²) < 4.78 is 11.1. The summed E-state index contributed by atoms with van der Waals surface area (Å²) >= 11 is 0. The Hall–Kier alpha value is -2.80. The fourth-order valence-corrected chi connectivity index (χ4v) is 2.96. The number of hydrogen-bond donors (Lipinski definition) is 1. The first-order valence-corrected chi connectivity index (χ1v) is 8.41. The van der Waals surface area contributed by atoms with Gasteiger partial charge < -0.3 is 19.7 Å². The van der Waals surface area contributed by atoms with Crippen molar-refractivity contribution in [3.05, 3.63) is 42.5 Å². The van der Waals surface area contributed by atoms with E-state index in [1.54, 1.807) is 4.90 Å². The largest absolute Gasteiger partial charge is 0.488 e. The average Bonchev–Trinajstić information content (AvgIpc) is 2.68. The molecule has 0 aliphatic carbocycles. The molecule has 130 valence electrons. The molecule has 3 heterocycles. The van der Waals surface area contributed by atoms with Gasteiger partial charge in [-0.25, -0.2) is 9.78 Å². The first kappa shape index (κ1) is 15.7. The molecule has 7 nitrogen and oxygen atoms in total. The first-order valence-electron chi connectivity index (χ1n) is 8.41. The number of carbonyl (C=O) groups excluding carboxylic acids is 1. The minimum absolute atomic E-state index is 0.206. The topological polar surface area (TPSA) is 66.9 Å². The molecule has 0 saturated carbocycles. The molecule has 2 aromatic rings. The van der Waals surface area contributed by atoms with Gasteiger partial charge in [0.05, 0.1) is 19.8 Å². The zero-order valence-corrected chi connectivity index (χ0v) is 13.9. The Morgan fingerprint density at radius 1 is 1.00 bits per heavy atom. The van der Waals surface area contributed by atoms with Crippen LogP contribution in [-0.4, -0.2) is 50.5 Å². The van der Waals surface area contributed by atoms with E-state index in [1.807, 2.05) is 42.5 Å². The van der Waals surface area contributed by atoms with Crippen LogP contribution >= 0.6 is 0 Å². The van der Waals surface area contributed by atoms with E-state index in [2.05, 4.69) is 10.2 Å². The van der Waals surface area contributed by atoms with Crippen LogP contribution in [0.2, 0.25) is 0 Å². The molecule has 7 heteroatoms. The number of urea groups is 1. The van der Waals surface area contributed by atoms with Crippen molar-refractivity contribution < 1.29 is 14.3 Å². The third-order valence-corrected chi connectivity index (χ3v) is 4.26. The predicted octanol–water partition coefficient (Wildman–Crippen LogP) is 2.35. The molecular formula is C18H20N4O3. The highest BCUT2D eigenvalue weighted by Crippen LogP contribution is 2.32. The molecule has 2 aliphatic rings. The van der Waals surface area contributed by atoms with Crippen LogP contribution in [0.5, 0.6) is 5.75 Å². The number of morpholine rings is 1. The van der Waals surface area contributed by atoms with Crippen LogP contribution in [0.1, 0.15) is 0 Å². The molecule has 1 aromatic carbocycles. The van der Waals surface area contributed by atoms with Crippen molar-refractivity contribution in [2.24, 2.45) is 0 Å². The summed E-state index contributed by atoms with van der Waals surface area (Å²) in [5.74, 6) is 2.03. The molecule has 1 fully saturated rings. The second-order valence-corrected chi connectivity index (χ2v) is 5.89. The number of ether oxygens (including phenoxy) is 2. The predicted molar refractivity (Wildman–Crippen MR) is 95.6 cm³/mol. The van der Waals surface area contributed by atoms with Gasteiger partial charge in [-0.05, 0) is 24.3 Å². The zero-order valence-electron chi connectivity index (χ0n) is 13.9. The second kappa shape index (κ2) is 6.98. The Morgan fingerprint density at radius 3 is 2.60 bits per heavy atom. The maximum Gasteiger partial charge on any atom is 0.327 e. The summed E-state index contributed by atoms with van der Waals surface area (Å²) in [5, 5.41) is 2.91. The van der Waals surface area contributed by atoms with E-state index >= 15 is 0 Å². The highest BCUT2D eigenvalue weighted by molar-refractivity contribution is 6.02. The number of rotatable bonds is 2. The minimum Gasteiger partial charge on any atom is -0.488 e. The quantitative estimate of drug-likeness (QED) is 0.909. The summed E-state index contributed by atoms with van der Waals surface area (Å²) in [6, 6.07) is 13.0. The van der Waals surface area contributed by atoms with Gasteiger partial charge in [0.25, 0.3) is 0 Å². The van der Waals surface area contributed by atoms with Crippen molar-refractivity contribution in [1.29, 1.82) is 0 Å². The number of anilines is 3. The number of pyridine rings is 1. The molecule has 0 atom stereocenters. The standard InChI is InChI=1S/C18H20N4O3/c23-18(19-14-4-2-1-3-5-14)22-10-13-25-15-6-7-16(20-17(15)22)21-8-11-24-12-9-21/h1-7H,8-13H2,(H,19,23). The van der Waals surface area contributed by atoms with Gasteiger partial charge in [-0.2, -0.15) is 0 Å². The number of nitrogens with one attached hydrogen (secondary N) is 1. The number of benzene rings is 1. The number of aromatic nitrogens is 1. The summed E-state index contributed by atoms with van der Waals surface area (Å²) in [7, 11) is 0. The molecule has 0 bridgehead atoms. The Morgan fingerprint density at radius 2 is 1.80 bits per heavy atom. The molecule has 4 rings (SSSR count). The van der Waals surface area contributed by atoms with Crippen LogP contribution in [0, 0.1) is 0 Å². The lowest BCUT2D eigenvalue weighted by atomic mass is 10.3. The van der Waals surface area contributed by atoms with Gasteiger partial charge >= 0.3 is 6.03 Å². The average molecular weight is 340 g/mol. The maximum absolute atomic E-state index is 12.7. The Labute approximate surface area is 146 Å². The van der Waals surface area contributed by atoms with Crippen molar-refractivity contribution >= 4 is 23.4 Å². The highest BCUT2D eigenvalue weighted by atomic mass is 16.5. The van der Waals surface area contributed by atoms with Crippen LogP contribution < -0.4 is 19.9 Å². The summed E-state index contributed by atoms with van der Waals surface area (Å²) in [6.45, 7) is 3.88. The molecule has 2 aliphatic heterocycles. The minimum atomic E-state index is -0.206. The molecule has 1 N–H and O–H groups in total. The van der Waals surface area contributed by atoms with Crippen LogP contribution in [0.25, 0.3) is 0 Å². The van der Waals surface area contributed by atoms with Crippen LogP contribution in [0.15, 0.2) is 42.5 Å². The van der Waals surface area contributed by atoms with Crippen molar-refractivity contribution in [2.75, 3.05) is 54.6 Å². The maximum atomic E-state index is 12.7. The van der Waals surface area contributed by atoms with E-state index in [0.29, 0.717) is 37.9 Å². The normalized spacial score (nSPS) is 16.8. The van der Waals surface area contributed by atoms with E-state index in [1.165, 1.54) is 0 Å². The number of para-hydroxylation sites is 1. The summed E-state index contributed by atoms with van der Waals surface area (Å²) in [4.78, 5) is 21.2. The van der Waals surface area contributed by atoms with Gasteiger partial charge in [0.1, 0.15) is 12.4 Å². The molecule has 0 spiro atoms.